The van der Waals surface area contributed by atoms with E-state index in [4.69, 9.17) is 11.6 Å². The summed E-state index contributed by atoms with van der Waals surface area (Å²) in [6.45, 7) is 2.17. The van der Waals surface area contributed by atoms with Crippen LogP contribution in [0.4, 0.5) is 0 Å². The molecule has 0 aromatic heterocycles. The van der Waals surface area contributed by atoms with Crippen molar-refractivity contribution in [1.82, 2.24) is 5.32 Å². The number of rotatable bonds is 4. The minimum atomic E-state index is -0.0695. The van der Waals surface area contributed by atoms with E-state index < -0.39 is 0 Å². The quantitative estimate of drug-likeness (QED) is 0.893. The van der Waals surface area contributed by atoms with Crippen molar-refractivity contribution in [2.24, 2.45) is 5.92 Å². The van der Waals surface area contributed by atoms with Crippen LogP contribution in [0, 0.1) is 5.92 Å². The first kappa shape index (κ1) is 12.9. The van der Waals surface area contributed by atoms with Gasteiger partial charge in [0.2, 0.25) is 0 Å². The molecule has 1 fully saturated rings. The zero-order valence-corrected chi connectivity index (χ0v) is 12.0. The molecule has 1 aliphatic rings. The SMILES string of the molecule is CCCC1CC1NC(=O)c1cc(Br)ccc1Cl. The van der Waals surface area contributed by atoms with E-state index in [1.54, 1.807) is 12.1 Å². The van der Waals surface area contributed by atoms with Gasteiger partial charge in [0.25, 0.3) is 5.91 Å². The highest BCUT2D eigenvalue weighted by atomic mass is 79.9. The average molecular weight is 317 g/mol. The fraction of sp³-hybridized carbons (Fsp3) is 0.462. The van der Waals surface area contributed by atoms with Crippen molar-refractivity contribution in [2.45, 2.75) is 32.2 Å². The van der Waals surface area contributed by atoms with E-state index in [2.05, 4.69) is 28.2 Å². The van der Waals surface area contributed by atoms with Crippen LogP contribution in [0.2, 0.25) is 5.02 Å². The molecule has 1 amide bonds. The molecule has 1 saturated carbocycles. The lowest BCUT2D eigenvalue weighted by Gasteiger charge is -2.06. The predicted octanol–water partition coefficient (Wildman–Crippen LogP) is 4.02. The van der Waals surface area contributed by atoms with Crippen molar-refractivity contribution in [2.75, 3.05) is 0 Å². The lowest BCUT2D eigenvalue weighted by molar-refractivity contribution is 0.0949. The van der Waals surface area contributed by atoms with Crippen LogP contribution in [0.3, 0.4) is 0 Å². The van der Waals surface area contributed by atoms with E-state index in [9.17, 15) is 4.79 Å². The molecule has 1 aliphatic carbocycles. The van der Waals surface area contributed by atoms with E-state index >= 15 is 0 Å². The van der Waals surface area contributed by atoms with Crippen LogP contribution in [0.1, 0.15) is 36.5 Å². The Morgan fingerprint density at radius 1 is 1.59 bits per heavy atom. The third-order valence-corrected chi connectivity index (χ3v) is 3.89. The van der Waals surface area contributed by atoms with Crippen LogP contribution < -0.4 is 5.32 Å². The van der Waals surface area contributed by atoms with Gasteiger partial charge in [0.15, 0.2) is 0 Å². The first-order chi connectivity index (χ1) is 8.11. The van der Waals surface area contributed by atoms with E-state index in [0.717, 1.165) is 10.9 Å². The second kappa shape index (κ2) is 5.40. The highest BCUT2D eigenvalue weighted by Crippen LogP contribution is 2.35. The third-order valence-electron chi connectivity index (χ3n) is 3.07. The highest BCUT2D eigenvalue weighted by molar-refractivity contribution is 9.10. The summed E-state index contributed by atoms with van der Waals surface area (Å²) in [5.74, 6) is 0.592. The molecule has 2 unspecified atom stereocenters. The molecular formula is C13H15BrClNO. The second-order valence-electron chi connectivity index (χ2n) is 4.49. The van der Waals surface area contributed by atoms with Crippen LogP contribution >= 0.6 is 27.5 Å². The number of halogens is 2. The number of amides is 1. The topological polar surface area (TPSA) is 29.1 Å². The fourth-order valence-electron chi connectivity index (χ4n) is 2.03. The fourth-order valence-corrected chi connectivity index (χ4v) is 2.60. The summed E-state index contributed by atoms with van der Waals surface area (Å²) in [6.07, 6.45) is 3.47. The molecule has 17 heavy (non-hydrogen) atoms. The summed E-state index contributed by atoms with van der Waals surface area (Å²) in [6, 6.07) is 5.67. The second-order valence-corrected chi connectivity index (χ2v) is 5.81. The van der Waals surface area contributed by atoms with Crippen molar-refractivity contribution in [1.29, 1.82) is 0 Å². The maximum atomic E-state index is 12.0. The van der Waals surface area contributed by atoms with Gasteiger partial charge >= 0.3 is 0 Å². The Morgan fingerprint density at radius 2 is 2.35 bits per heavy atom. The van der Waals surface area contributed by atoms with Gasteiger partial charge in [-0.1, -0.05) is 40.9 Å². The van der Waals surface area contributed by atoms with Gasteiger partial charge in [-0.2, -0.15) is 0 Å². The maximum absolute atomic E-state index is 12.0. The Hall–Kier alpha value is -0.540. The number of carbonyl (C=O) groups excluding carboxylic acids is 1. The molecule has 1 aromatic rings. The summed E-state index contributed by atoms with van der Waals surface area (Å²) in [5.41, 5.74) is 0.545. The van der Waals surface area contributed by atoms with Crippen molar-refractivity contribution in [3.05, 3.63) is 33.3 Å². The van der Waals surface area contributed by atoms with Gasteiger partial charge in [0.05, 0.1) is 10.6 Å². The van der Waals surface area contributed by atoms with Gasteiger partial charge < -0.3 is 5.32 Å². The Labute approximate surface area is 115 Å². The molecule has 1 aromatic carbocycles. The molecule has 92 valence electrons. The Kier molecular flexibility index (Phi) is 4.10. The van der Waals surface area contributed by atoms with Gasteiger partial charge in [-0.3, -0.25) is 4.79 Å². The molecule has 0 spiro atoms. The van der Waals surface area contributed by atoms with Crippen molar-refractivity contribution >= 4 is 33.4 Å². The predicted molar refractivity (Wildman–Crippen MR) is 73.4 cm³/mol. The molecule has 2 rings (SSSR count). The molecule has 0 heterocycles. The monoisotopic (exact) mass is 315 g/mol. The first-order valence-corrected chi connectivity index (χ1v) is 7.04. The van der Waals surface area contributed by atoms with Gasteiger partial charge in [-0.15, -0.1) is 0 Å². The Balaban J connectivity index is 1.98. The van der Waals surface area contributed by atoms with Gasteiger partial charge in [0.1, 0.15) is 0 Å². The molecule has 4 heteroatoms. The number of nitrogens with one attached hydrogen (secondary N) is 1. The van der Waals surface area contributed by atoms with Crippen molar-refractivity contribution in [3.8, 4) is 0 Å². The van der Waals surface area contributed by atoms with Gasteiger partial charge in [0, 0.05) is 10.5 Å². The van der Waals surface area contributed by atoms with Crippen LogP contribution in [-0.4, -0.2) is 11.9 Å². The van der Waals surface area contributed by atoms with Crippen molar-refractivity contribution in [3.63, 3.8) is 0 Å². The number of hydrogen-bond acceptors (Lipinski definition) is 1. The van der Waals surface area contributed by atoms with Gasteiger partial charge in [-0.25, -0.2) is 0 Å². The summed E-state index contributed by atoms with van der Waals surface area (Å²) in [5, 5.41) is 3.53. The van der Waals surface area contributed by atoms with Crippen LogP contribution in [0.5, 0.6) is 0 Å². The average Bonchev–Trinajstić information content (AvgIpc) is 3.00. The smallest absolute Gasteiger partial charge is 0.253 e. The Morgan fingerprint density at radius 3 is 3.06 bits per heavy atom. The zero-order chi connectivity index (χ0) is 12.4. The summed E-state index contributed by atoms with van der Waals surface area (Å²) in [7, 11) is 0. The van der Waals surface area contributed by atoms with Crippen LogP contribution in [0.15, 0.2) is 22.7 Å². The lowest BCUT2D eigenvalue weighted by atomic mass is 10.2. The Bertz CT molecular complexity index is 435. The molecular weight excluding hydrogens is 302 g/mol. The van der Waals surface area contributed by atoms with E-state index in [-0.39, 0.29) is 5.91 Å². The molecule has 0 aliphatic heterocycles. The molecule has 2 nitrogen and oxygen atoms in total. The first-order valence-electron chi connectivity index (χ1n) is 5.87. The molecule has 0 bridgehead atoms. The summed E-state index contributed by atoms with van der Waals surface area (Å²) < 4.78 is 0.868. The highest BCUT2D eigenvalue weighted by Gasteiger charge is 2.37. The minimum absolute atomic E-state index is 0.0695. The lowest BCUT2D eigenvalue weighted by Crippen LogP contribution is -2.27. The van der Waals surface area contributed by atoms with E-state index in [1.807, 2.05) is 6.07 Å². The van der Waals surface area contributed by atoms with E-state index in [0.29, 0.717) is 22.5 Å². The van der Waals surface area contributed by atoms with Gasteiger partial charge in [-0.05, 0) is 37.0 Å². The van der Waals surface area contributed by atoms with E-state index in [1.165, 1.54) is 12.8 Å². The van der Waals surface area contributed by atoms with Crippen LogP contribution in [0.25, 0.3) is 0 Å². The number of carbonyl (C=O) groups is 1. The molecule has 0 radical (unpaired) electrons. The summed E-state index contributed by atoms with van der Waals surface area (Å²) in [4.78, 5) is 12.0. The largest absolute Gasteiger partial charge is 0.349 e. The zero-order valence-electron chi connectivity index (χ0n) is 9.67. The minimum Gasteiger partial charge on any atom is -0.349 e. The van der Waals surface area contributed by atoms with Crippen molar-refractivity contribution < 1.29 is 4.79 Å². The summed E-state index contributed by atoms with van der Waals surface area (Å²) >= 11 is 9.36. The third kappa shape index (κ3) is 3.23. The normalized spacial score (nSPS) is 22.3. The molecule has 0 saturated heterocycles. The number of benzene rings is 1. The standard InChI is InChI=1S/C13H15BrClNO/c1-2-3-8-6-12(8)16-13(17)10-7-9(14)4-5-11(10)15/h4-5,7-8,12H,2-3,6H2,1H3,(H,16,17). The molecule has 1 N–H and O–H groups in total. The maximum Gasteiger partial charge on any atom is 0.253 e. The molecule has 2 atom stereocenters. The number of hydrogen-bond donors (Lipinski definition) is 1. The van der Waals surface area contributed by atoms with Crippen LogP contribution in [-0.2, 0) is 0 Å².